The minimum absolute atomic E-state index is 0.0857. The molecule has 136 valence electrons. The molecule has 0 spiro atoms. The standard InChI is InChI=1S/C22H21N3O2/c26-20-11-5-4-9-18(20)19-10-6-14-25(19)17-12-13-23-21(15-17)24-22(27)16-7-2-1-3-8-16/h1-5,7-9,12-13,15,19H,6,10-11,14H2,(H,23,24,27). The second kappa shape index (κ2) is 7.58. The van der Waals surface area contributed by atoms with Crippen molar-refractivity contribution in [3.63, 3.8) is 0 Å². The van der Waals surface area contributed by atoms with Crippen molar-refractivity contribution >= 4 is 23.2 Å². The third kappa shape index (κ3) is 3.67. The quantitative estimate of drug-likeness (QED) is 0.903. The average Bonchev–Trinajstić information content (AvgIpc) is 3.19. The zero-order valence-corrected chi connectivity index (χ0v) is 15.0. The number of benzene rings is 1. The number of anilines is 2. The maximum atomic E-state index is 12.4. The van der Waals surface area contributed by atoms with E-state index in [1.807, 2.05) is 48.6 Å². The molecule has 1 fully saturated rings. The van der Waals surface area contributed by atoms with Gasteiger partial charge in [-0.2, -0.15) is 0 Å². The van der Waals surface area contributed by atoms with E-state index in [1.165, 1.54) is 0 Å². The fourth-order valence-electron chi connectivity index (χ4n) is 3.70. The van der Waals surface area contributed by atoms with Gasteiger partial charge in [-0.25, -0.2) is 4.98 Å². The fraction of sp³-hybridized carbons (Fsp3) is 0.227. The molecule has 1 aromatic carbocycles. The van der Waals surface area contributed by atoms with Crippen LogP contribution in [0.3, 0.4) is 0 Å². The fourth-order valence-corrected chi connectivity index (χ4v) is 3.70. The van der Waals surface area contributed by atoms with Gasteiger partial charge in [-0.15, -0.1) is 0 Å². The molecule has 5 nitrogen and oxygen atoms in total. The molecule has 5 heteroatoms. The molecule has 1 atom stereocenters. The number of Topliss-reactive ketones (excluding diaryl/α,β-unsaturated/α-hetero) is 1. The van der Waals surface area contributed by atoms with Gasteiger partial charge < -0.3 is 10.2 Å². The number of pyridine rings is 1. The molecule has 1 aliphatic heterocycles. The molecule has 2 aliphatic rings. The van der Waals surface area contributed by atoms with Gasteiger partial charge in [-0.3, -0.25) is 9.59 Å². The minimum Gasteiger partial charge on any atom is -0.364 e. The Hall–Kier alpha value is -3.21. The SMILES string of the molecule is O=C1CC=CC=C1C1CCCN1c1ccnc(NC(=O)c2ccccc2)c1. The molecule has 1 N–H and O–H groups in total. The van der Waals surface area contributed by atoms with Crippen molar-refractivity contribution in [3.05, 3.63) is 78.0 Å². The van der Waals surface area contributed by atoms with E-state index in [1.54, 1.807) is 18.3 Å². The van der Waals surface area contributed by atoms with E-state index in [0.717, 1.165) is 30.6 Å². The maximum Gasteiger partial charge on any atom is 0.256 e. The van der Waals surface area contributed by atoms with Crippen LogP contribution in [-0.2, 0) is 4.79 Å². The van der Waals surface area contributed by atoms with Crippen LogP contribution in [0, 0.1) is 0 Å². The highest BCUT2D eigenvalue weighted by Gasteiger charge is 2.31. The smallest absolute Gasteiger partial charge is 0.256 e. The van der Waals surface area contributed by atoms with Crippen LogP contribution in [0.5, 0.6) is 0 Å². The first-order chi connectivity index (χ1) is 13.2. The summed E-state index contributed by atoms with van der Waals surface area (Å²) in [5.41, 5.74) is 2.44. The third-order valence-corrected chi connectivity index (χ3v) is 5.00. The van der Waals surface area contributed by atoms with Crippen molar-refractivity contribution in [1.82, 2.24) is 4.98 Å². The lowest BCUT2D eigenvalue weighted by atomic mass is 9.94. The van der Waals surface area contributed by atoms with Crippen LogP contribution in [0.25, 0.3) is 0 Å². The Morgan fingerprint density at radius 2 is 2.04 bits per heavy atom. The maximum absolute atomic E-state index is 12.4. The van der Waals surface area contributed by atoms with Gasteiger partial charge in [-0.1, -0.05) is 36.4 Å². The third-order valence-electron chi connectivity index (χ3n) is 5.00. The molecule has 27 heavy (non-hydrogen) atoms. The van der Waals surface area contributed by atoms with E-state index < -0.39 is 0 Å². The Morgan fingerprint density at radius 3 is 2.85 bits per heavy atom. The summed E-state index contributed by atoms with van der Waals surface area (Å²) in [6, 6.07) is 13.0. The largest absolute Gasteiger partial charge is 0.364 e. The zero-order chi connectivity index (χ0) is 18.6. The van der Waals surface area contributed by atoms with E-state index in [4.69, 9.17) is 0 Å². The molecule has 1 unspecified atom stereocenters. The molecule has 2 heterocycles. The molecule has 1 saturated heterocycles. The van der Waals surface area contributed by atoms with Crippen LogP contribution < -0.4 is 10.2 Å². The number of rotatable bonds is 4. The van der Waals surface area contributed by atoms with E-state index in [-0.39, 0.29) is 17.7 Å². The second-order valence-electron chi connectivity index (χ2n) is 6.75. The number of amides is 1. The summed E-state index contributed by atoms with van der Waals surface area (Å²) in [7, 11) is 0. The first kappa shape index (κ1) is 17.2. The Morgan fingerprint density at radius 1 is 1.19 bits per heavy atom. The summed E-state index contributed by atoms with van der Waals surface area (Å²) in [5.74, 6) is 0.519. The predicted molar refractivity (Wildman–Crippen MR) is 106 cm³/mol. The van der Waals surface area contributed by atoms with Gasteiger partial charge >= 0.3 is 0 Å². The lowest BCUT2D eigenvalue weighted by Crippen LogP contribution is -2.34. The lowest BCUT2D eigenvalue weighted by Gasteiger charge is -2.29. The Bertz CT molecular complexity index is 918. The molecule has 1 amide bonds. The van der Waals surface area contributed by atoms with Gasteiger partial charge in [0.25, 0.3) is 5.91 Å². The molecule has 0 radical (unpaired) electrons. The summed E-state index contributed by atoms with van der Waals surface area (Å²) < 4.78 is 0. The van der Waals surface area contributed by atoms with Crippen LogP contribution in [-0.4, -0.2) is 29.3 Å². The number of carbonyl (C=O) groups is 2. The number of nitrogens with one attached hydrogen (secondary N) is 1. The monoisotopic (exact) mass is 359 g/mol. The Kier molecular flexibility index (Phi) is 4.83. The molecule has 0 bridgehead atoms. The zero-order valence-electron chi connectivity index (χ0n) is 15.0. The topological polar surface area (TPSA) is 62.3 Å². The molecular formula is C22H21N3O2. The first-order valence-corrected chi connectivity index (χ1v) is 9.21. The highest BCUT2D eigenvalue weighted by Crippen LogP contribution is 2.32. The normalized spacial score (nSPS) is 19.1. The van der Waals surface area contributed by atoms with E-state index >= 15 is 0 Å². The molecule has 1 aliphatic carbocycles. The van der Waals surface area contributed by atoms with Crippen LogP contribution in [0.1, 0.15) is 29.6 Å². The molecule has 0 saturated carbocycles. The van der Waals surface area contributed by atoms with Crippen molar-refractivity contribution < 1.29 is 9.59 Å². The number of ketones is 1. The van der Waals surface area contributed by atoms with Crippen LogP contribution >= 0.6 is 0 Å². The van der Waals surface area contributed by atoms with Gasteiger partial charge in [0.05, 0.1) is 6.04 Å². The Balaban J connectivity index is 1.55. The average molecular weight is 359 g/mol. The summed E-state index contributed by atoms with van der Waals surface area (Å²) in [6.07, 6.45) is 9.97. The van der Waals surface area contributed by atoms with Crippen LogP contribution in [0.15, 0.2) is 72.5 Å². The van der Waals surface area contributed by atoms with Gasteiger partial charge in [0, 0.05) is 42.1 Å². The van der Waals surface area contributed by atoms with Crippen molar-refractivity contribution in [2.75, 3.05) is 16.8 Å². The lowest BCUT2D eigenvalue weighted by molar-refractivity contribution is -0.115. The van der Waals surface area contributed by atoms with Gasteiger partial charge in [0.1, 0.15) is 5.82 Å². The van der Waals surface area contributed by atoms with Crippen molar-refractivity contribution in [1.29, 1.82) is 0 Å². The van der Waals surface area contributed by atoms with E-state index in [0.29, 0.717) is 17.8 Å². The summed E-state index contributed by atoms with van der Waals surface area (Å²) in [6.45, 7) is 0.884. The predicted octanol–water partition coefficient (Wildman–Crippen LogP) is 3.76. The highest BCUT2D eigenvalue weighted by atomic mass is 16.1. The molecule has 2 aromatic rings. The van der Waals surface area contributed by atoms with Gasteiger partial charge in [0.15, 0.2) is 5.78 Å². The number of allylic oxidation sites excluding steroid dienone is 3. The highest BCUT2D eigenvalue weighted by molar-refractivity contribution is 6.04. The summed E-state index contributed by atoms with van der Waals surface area (Å²) in [5, 5.41) is 2.86. The van der Waals surface area contributed by atoms with Crippen molar-refractivity contribution in [2.45, 2.75) is 25.3 Å². The molecule has 1 aromatic heterocycles. The summed E-state index contributed by atoms with van der Waals surface area (Å²) in [4.78, 5) is 31.2. The summed E-state index contributed by atoms with van der Waals surface area (Å²) >= 11 is 0. The number of nitrogens with zero attached hydrogens (tertiary/aromatic N) is 2. The van der Waals surface area contributed by atoms with Crippen molar-refractivity contribution in [3.8, 4) is 0 Å². The van der Waals surface area contributed by atoms with Crippen molar-refractivity contribution in [2.24, 2.45) is 0 Å². The number of hydrogen-bond donors (Lipinski definition) is 1. The Labute approximate surface area is 158 Å². The van der Waals surface area contributed by atoms with Gasteiger partial charge in [-0.05, 0) is 31.0 Å². The molecular weight excluding hydrogens is 338 g/mol. The van der Waals surface area contributed by atoms with Crippen LogP contribution in [0.2, 0.25) is 0 Å². The number of aromatic nitrogens is 1. The van der Waals surface area contributed by atoms with E-state index in [2.05, 4.69) is 15.2 Å². The number of hydrogen-bond acceptors (Lipinski definition) is 4. The van der Waals surface area contributed by atoms with Gasteiger partial charge in [0.2, 0.25) is 0 Å². The van der Waals surface area contributed by atoms with E-state index in [9.17, 15) is 9.59 Å². The second-order valence-corrected chi connectivity index (χ2v) is 6.75. The van der Waals surface area contributed by atoms with Crippen LogP contribution in [0.4, 0.5) is 11.5 Å². The molecule has 4 rings (SSSR count). The first-order valence-electron chi connectivity index (χ1n) is 9.21. The number of carbonyl (C=O) groups excluding carboxylic acids is 2. The minimum atomic E-state index is -0.187.